The molecule has 0 aliphatic rings. The highest BCUT2D eigenvalue weighted by atomic mass is 16.5. The lowest BCUT2D eigenvalue weighted by molar-refractivity contribution is 0.250. The molecule has 0 atom stereocenters. The third-order valence-corrected chi connectivity index (χ3v) is 3.76. The first-order valence-electron chi connectivity index (χ1n) is 9.11. The largest absolute Gasteiger partial charge is 0.488 e. The third-order valence-electron chi connectivity index (χ3n) is 3.76. The van der Waals surface area contributed by atoms with Crippen molar-refractivity contribution in [2.75, 3.05) is 13.2 Å². The average molecular weight is 340 g/mol. The highest BCUT2D eigenvalue weighted by Crippen LogP contribution is 2.25. The molecule has 4 nitrogen and oxygen atoms in total. The third kappa shape index (κ3) is 6.57. The summed E-state index contributed by atoms with van der Waals surface area (Å²) in [6.07, 6.45) is 8.13. The van der Waals surface area contributed by atoms with E-state index in [1.54, 1.807) is 0 Å². The zero-order valence-corrected chi connectivity index (χ0v) is 15.5. The van der Waals surface area contributed by atoms with E-state index in [0.717, 1.165) is 36.9 Å². The molecule has 134 valence electrons. The first-order chi connectivity index (χ1) is 12.2. The van der Waals surface area contributed by atoms with Gasteiger partial charge >= 0.3 is 0 Å². The first kappa shape index (κ1) is 19.0. The molecule has 0 aliphatic heterocycles. The van der Waals surface area contributed by atoms with Crippen LogP contribution in [0, 0.1) is 6.92 Å². The van der Waals surface area contributed by atoms with Crippen LogP contribution in [0.3, 0.4) is 0 Å². The Hall–Kier alpha value is -2.36. The van der Waals surface area contributed by atoms with Crippen LogP contribution >= 0.6 is 0 Å². The number of rotatable bonds is 10. The number of hydrogen-bond donors (Lipinski definition) is 0. The van der Waals surface area contributed by atoms with Crippen LogP contribution in [0.15, 0.2) is 30.3 Å². The van der Waals surface area contributed by atoms with Crippen LogP contribution in [0.5, 0.6) is 11.6 Å². The SMILES string of the molecule is CCCCOc1cc(/C=C/c2ccc(C)cc2)nnc1OCCCC. The van der Waals surface area contributed by atoms with Crippen molar-refractivity contribution in [1.82, 2.24) is 10.2 Å². The Kier molecular flexibility index (Phi) is 7.96. The predicted molar refractivity (Wildman–Crippen MR) is 103 cm³/mol. The van der Waals surface area contributed by atoms with Gasteiger partial charge in [0.05, 0.1) is 18.9 Å². The van der Waals surface area contributed by atoms with Crippen molar-refractivity contribution in [1.29, 1.82) is 0 Å². The molecule has 0 amide bonds. The average Bonchev–Trinajstić information content (AvgIpc) is 2.63. The fourth-order valence-corrected chi connectivity index (χ4v) is 2.16. The summed E-state index contributed by atoms with van der Waals surface area (Å²) in [4.78, 5) is 0. The zero-order valence-electron chi connectivity index (χ0n) is 15.5. The molecule has 25 heavy (non-hydrogen) atoms. The van der Waals surface area contributed by atoms with Gasteiger partial charge in [-0.25, -0.2) is 0 Å². The summed E-state index contributed by atoms with van der Waals surface area (Å²) in [5.41, 5.74) is 3.14. The standard InChI is InChI=1S/C21H28N2O2/c1-4-6-14-24-20-16-19(22-23-21(20)25-15-7-5-2)13-12-18-10-8-17(3)9-11-18/h8-13,16H,4-7,14-15H2,1-3H3/b13-12+. The van der Waals surface area contributed by atoms with E-state index in [1.165, 1.54) is 5.56 Å². The van der Waals surface area contributed by atoms with Gasteiger partial charge in [0.2, 0.25) is 0 Å². The number of hydrogen-bond acceptors (Lipinski definition) is 4. The second-order valence-corrected chi connectivity index (χ2v) is 6.09. The van der Waals surface area contributed by atoms with E-state index < -0.39 is 0 Å². The molecule has 0 saturated carbocycles. The molecule has 0 saturated heterocycles. The van der Waals surface area contributed by atoms with Crippen molar-refractivity contribution in [2.24, 2.45) is 0 Å². The number of unbranched alkanes of at least 4 members (excludes halogenated alkanes) is 2. The molecule has 0 N–H and O–H groups in total. The van der Waals surface area contributed by atoms with Gasteiger partial charge in [-0.2, -0.15) is 0 Å². The van der Waals surface area contributed by atoms with Crippen molar-refractivity contribution in [3.63, 3.8) is 0 Å². The lowest BCUT2D eigenvalue weighted by atomic mass is 10.1. The minimum absolute atomic E-state index is 0.483. The molecular weight excluding hydrogens is 312 g/mol. The predicted octanol–water partition coefficient (Wildman–Crippen LogP) is 5.31. The Balaban J connectivity index is 2.11. The van der Waals surface area contributed by atoms with Crippen molar-refractivity contribution in [3.05, 3.63) is 47.2 Å². The van der Waals surface area contributed by atoms with E-state index in [4.69, 9.17) is 9.47 Å². The Morgan fingerprint density at radius 2 is 1.56 bits per heavy atom. The van der Waals surface area contributed by atoms with Gasteiger partial charge in [0.1, 0.15) is 0 Å². The van der Waals surface area contributed by atoms with Gasteiger partial charge < -0.3 is 9.47 Å². The fraction of sp³-hybridized carbons (Fsp3) is 0.429. The van der Waals surface area contributed by atoms with E-state index in [1.807, 2.05) is 18.2 Å². The Morgan fingerprint density at radius 3 is 2.24 bits per heavy atom. The fourth-order valence-electron chi connectivity index (χ4n) is 2.16. The summed E-state index contributed by atoms with van der Waals surface area (Å²) in [6.45, 7) is 7.65. The maximum Gasteiger partial charge on any atom is 0.276 e. The molecule has 2 rings (SSSR count). The van der Waals surface area contributed by atoms with E-state index in [-0.39, 0.29) is 0 Å². The Labute approximate surface area is 150 Å². The molecule has 0 bridgehead atoms. The number of nitrogens with zero attached hydrogens (tertiary/aromatic N) is 2. The van der Waals surface area contributed by atoms with Crippen LogP contribution < -0.4 is 9.47 Å². The van der Waals surface area contributed by atoms with Crippen LogP contribution in [0.25, 0.3) is 12.2 Å². The normalized spacial score (nSPS) is 11.0. The molecule has 4 heteroatoms. The van der Waals surface area contributed by atoms with Crippen molar-refractivity contribution < 1.29 is 9.47 Å². The molecule has 2 aromatic rings. The Bertz CT molecular complexity index is 666. The quantitative estimate of drug-likeness (QED) is 0.550. The van der Waals surface area contributed by atoms with Crippen LogP contribution in [-0.4, -0.2) is 23.4 Å². The van der Waals surface area contributed by atoms with Gasteiger partial charge in [-0.05, 0) is 31.4 Å². The first-order valence-corrected chi connectivity index (χ1v) is 9.11. The van der Waals surface area contributed by atoms with Crippen molar-refractivity contribution in [3.8, 4) is 11.6 Å². The second kappa shape index (κ2) is 10.5. The van der Waals surface area contributed by atoms with Gasteiger partial charge in [-0.1, -0.05) is 62.6 Å². The molecule has 0 spiro atoms. The number of aromatic nitrogens is 2. The van der Waals surface area contributed by atoms with Crippen LogP contribution in [-0.2, 0) is 0 Å². The lowest BCUT2D eigenvalue weighted by Crippen LogP contribution is -2.05. The molecule has 1 aromatic carbocycles. The maximum absolute atomic E-state index is 5.86. The van der Waals surface area contributed by atoms with E-state index in [0.29, 0.717) is 24.8 Å². The van der Waals surface area contributed by atoms with Crippen molar-refractivity contribution >= 4 is 12.2 Å². The summed E-state index contributed by atoms with van der Waals surface area (Å²) in [5.74, 6) is 1.15. The van der Waals surface area contributed by atoms with E-state index in [2.05, 4.69) is 55.2 Å². The summed E-state index contributed by atoms with van der Waals surface area (Å²) < 4.78 is 11.6. The van der Waals surface area contributed by atoms with Gasteiger partial charge in [0, 0.05) is 6.07 Å². The van der Waals surface area contributed by atoms with E-state index >= 15 is 0 Å². The zero-order chi connectivity index (χ0) is 17.9. The topological polar surface area (TPSA) is 44.2 Å². The molecule has 0 fully saturated rings. The van der Waals surface area contributed by atoms with Crippen molar-refractivity contribution in [2.45, 2.75) is 46.5 Å². The highest BCUT2D eigenvalue weighted by molar-refractivity contribution is 5.68. The van der Waals surface area contributed by atoms with Crippen LogP contribution in [0.2, 0.25) is 0 Å². The van der Waals surface area contributed by atoms with Gasteiger partial charge in [0.25, 0.3) is 5.88 Å². The molecule has 1 aromatic heterocycles. The maximum atomic E-state index is 5.86. The molecule has 0 radical (unpaired) electrons. The number of benzene rings is 1. The molecule has 0 aliphatic carbocycles. The number of ether oxygens (including phenoxy) is 2. The smallest absolute Gasteiger partial charge is 0.276 e. The summed E-state index contributed by atoms with van der Waals surface area (Å²) in [5, 5.41) is 8.44. The Morgan fingerprint density at radius 1 is 0.880 bits per heavy atom. The van der Waals surface area contributed by atoms with Gasteiger partial charge in [-0.15, -0.1) is 10.2 Å². The lowest BCUT2D eigenvalue weighted by Gasteiger charge is -2.11. The van der Waals surface area contributed by atoms with Crippen LogP contribution in [0.1, 0.15) is 56.4 Å². The molecule has 0 unspecified atom stereocenters. The monoisotopic (exact) mass is 340 g/mol. The summed E-state index contributed by atoms with van der Waals surface area (Å²) in [7, 11) is 0. The van der Waals surface area contributed by atoms with Gasteiger partial charge in [0.15, 0.2) is 5.75 Å². The number of aryl methyl sites for hydroxylation is 1. The van der Waals surface area contributed by atoms with Crippen LogP contribution in [0.4, 0.5) is 0 Å². The summed E-state index contributed by atoms with van der Waals surface area (Å²) in [6, 6.07) is 10.2. The second-order valence-electron chi connectivity index (χ2n) is 6.09. The minimum Gasteiger partial charge on any atom is -0.488 e. The van der Waals surface area contributed by atoms with E-state index in [9.17, 15) is 0 Å². The highest BCUT2D eigenvalue weighted by Gasteiger charge is 2.09. The minimum atomic E-state index is 0.483. The van der Waals surface area contributed by atoms with Gasteiger partial charge in [-0.3, -0.25) is 0 Å². The molecule has 1 heterocycles. The molecular formula is C21H28N2O2. The summed E-state index contributed by atoms with van der Waals surface area (Å²) >= 11 is 0.